The molecule has 2 atom stereocenters. The van der Waals surface area contributed by atoms with E-state index < -0.39 is 23.3 Å². The highest BCUT2D eigenvalue weighted by molar-refractivity contribution is 7.23. The van der Waals surface area contributed by atoms with Crippen LogP contribution >= 0.6 is 22.9 Å². The second-order valence-electron chi connectivity index (χ2n) is 11.8. The number of rotatable bonds is 5. The lowest BCUT2D eigenvalue weighted by atomic mass is 9.95. The van der Waals surface area contributed by atoms with Crippen LogP contribution in [0.1, 0.15) is 44.9 Å². The first-order valence-corrected chi connectivity index (χ1v) is 15.8. The SMILES string of the molecule is [C-]#[N+]c1c(N)sc2c(F)ccc(-c3c(Cl)cc4c(N5CCCCCC5)nc(OC[C@@]56CCCN5C[C@H](F)C6)nc4c3F)c12. The molecule has 0 unspecified atom stereocenters. The Balaban J connectivity index is 1.39. The highest BCUT2D eigenvalue weighted by atomic mass is 35.5. The number of alkyl halides is 1. The highest BCUT2D eigenvalue weighted by Crippen LogP contribution is 2.49. The number of hydrogen-bond donors (Lipinski definition) is 1. The Bertz CT molecular complexity index is 1790. The van der Waals surface area contributed by atoms with Gasteiger partial charge < -0.3 is 15.4 Å². The van der Waals surface area contributed by atoms with Gasteiger partial charge in [-0.2, -0.15) is 9.97 Å². The second-order valence-corrected chi connectivity index (χ2v) is 13.2. The van der Waals surface area contributed by atoms with Crippen molar-refractivity contribution in [3.63, 3.8) is 0 Å². The lowest BCUT2D eigenvalue weighted by molar-refractivity contribution is 0.107. The molecule has 0 amide bonds. The maximum Gasteiger partial charge on any atom is 0.319 e. The Hall–Kier alpha value is -3.33. The van der Waals surface area contributed by atoms with Gasteiger partial charge >= 0.3 is 6.01 Å². The van der Waals surface area contributed by atoms with Crippen LogP contribution in [0.4, 0.5) is 29.7 Å². The molecule has 7 nitrogen and oxygen atoms in total. The molecular weight excluding hydrogens is 597 g/mol. The predicted molar refractivity (Wildman–Crippen MR) is 165 cm³/mol. The van der Waals surface area contributed by atoms with E-state index in [0.29, 0.717) is 24.2 Å². The fourth-order valence-corrected chi connectivity index (χ4v) is 8.37. The molecule has 43 heavy (non-hydrogen) atoms. The van der Waals surface area contributed by atoms with Gasteiger partial charge in [-0.3, -0.25) is 4.90 Å². The number of anilines is 2. The topological polar surface area (TPSA) is 71.9 Å². The average molecular weight is 627 g/mol. The van der Waals surface area contributed by atoms with Gasteiger partial charge in [-0.1, -0.05) is 30.5 Å². The molecular formula is C31H30ClF3N6OS. The molecule has 4 aromatic rings. The smallest absolute Gasteiger partial charge is 0.319 e. The first kappa shape index (κ1) is 28.4. The number of fused-ring (bicyclic) bond motifs is 3. The number of nitrogens with two attached hydrogens (primary N) is 1. The molecule has 0 saturated carbocycles. The van der Waals surface area contributed by atoms with Crippen molar-refractivity contribution < 1.29 is 17.9 Å². The summed E-state index contributed by atoms with van der Waals surface area (Å²) in [5.74, 6) is -0.729. The van der Waals surface area contributed by atoms with E-state index in [0.717, 1.165) is 69.5 Å². The molecule has 0 radical (unpaired) electrons. The summed E-state index contributed by atoms with van der Waals surface area (Å²) in [5.41, 5.74) is 5.98. The van der Waals surface area contributed by atoms with Crippen LogP contribution in [0.15, 0.2) is 18.2 Å². The van der Waals surface area contributed by atoms with Crippen LogP contribution in [0.5, 0.6) is 6.01 Å². The van der Waals surface area contributed by atoms with E-state index in [4.69, 9.17) is 33.6 Å². The number of aromatic nitrogens is 2. The Morgan fingerprint density at radius 2 is 1.93 bits per heavy atom. The number of hydrogen-bond acceptors (Lipinski definition) is 7. The monoisotopic (exact) mass is 626 g/mol. The molecule has 3 aliphatic heterocycles. The third-order valence-corrected chi connectivity index (χ3v) is 10.5. The van der Waals surface area contributed by atoms with Gasteiger partial charge in [-0.15, -0.1) is 11.3 Å². The van der Waals surface area contributed by atoms with E-state index in [1.54, 1.807) is 6.07 Å². The normalized spacial score (nSPS) is 22.7. The standard InChI is InChI=1S/C31H30ClF3N6OS/c1-37-26-23-18(7-8-21(34)27(23)43-28(26)36)22-20(32)13-19-25(24(22)35)38-30(39-29(19)40-10-4-2-3-5-11-40)42-16-31-9-6-12-41(31)15-17(33)14-31/h7-8,13,17H,2-6,9-12,14-16,36H2/t17-,31+/m1/s1. The average Bonchev–Trinajstić information content (AvgIpc) is 3.53. The molecule has 2 aromatic carbocycles. The predicted octanol–water partition coefficient (Wildman–Crippen LogP) is 7.91. The molecule has 2 N–H and O–H groups in total. The van der Waals surface area contributed by atoms with Crippen molar-refractivity contribution in [2.24, 2.45) is 0 Å². The number of ether oxygens (including phenoxy) is 1. The van der Waals surface area contributed by atoms with Crippen LogP contribution in [-0.2, 0) is 0 Å². The van der Waals surface area contributed by atoms with E-state index in [1.165, 1.54) is 12.1 Å². The fourth-order valence-electron chi connectivity index (χ4n) is 7.14. The molecule has 3 aliphatic rings. The summed E-state index contributed by atoms with van der Waals surface area (Å²) in [6.07, 6.45) is 5.41. The maximum absolute atomic E-state index is 16.8. The van der Waals surface area contributed by atoms with Gasteiger partial charge in [0.25, 0.3) is 0 Å². The summed E-state index contributed by atoms with van der Waals surface area (Å²) >= 11 is 7.75. The van der Waals surface area contributed by atoms with Gasteiger partial charge in [0.15, 0.2) is 5.82 Å². The van der Waals surface area contributed by atoms with Crippen molar-refractivity contribution in [1.82, 2.24) is 14.9 Å². The lowest BCUT2D eigenvalue weighted by Crippen LogP contribution is -2.43. The summed E-state index contributed by atoms with van der Waals surface area (Å²) in [7, 11) is 0. The van der Waals surface area contributed by atoms with Crippen LogP contribution in [0.3, 0.4) is 0 Å². The second kappa shape index (κ2) is 11.0. The van der Waals surface area contributed by atoms with E-state index in [-0.39, 0.29) is 55.1 Å². The molecule has 3 fully saturated rings. The Labute approximate surface area is 256 Å². The molecule has 12 heteroatoms. The molecule has 2 aromatic heterocycles. The van der Waals surface area contributed by atoms with E-state index in [2.05, 4.69) is 19.6 Å². The molecule has 0 bridgehead atoms. The summed E-state index contributed by atoms with van der Waals surface area (Å²) in [6.45, 7) is 10.6. The van der Waals surface area contributed by atoms with Gasteiger partial charge in [-0.05, 0) is 49.9 Å². The third-order valence-electron chi connectivity index (χ3n) is 9.15. The number of nitrogen functional groups attached to an aromatic ring is 1. The van der Waals surface area contributed by atoms with Gasteiger partial charge in [0.05, 0.1) is 26.8 Å². The number of nitrogens with zero attached hydrogens (tertiary/aromatic N) is 5. The fraction of sp³-hybridized carbons (Fsp3) is 0.452. The van der Waals surface area contributed by atoms with Crippen LogP contribution in [-0.4, -0.2) is 59.4 Å². The minimum Gasteiger partial charge on any atom is -0.461 e. The zero-order chi connectivity index (χ0) is 29.9. The number of benzene rings is 2. The Morgan fingerprint density at radius 1 is 1.14 bits per heavy atom. The maximum atomic E-state index is 16.8. The number of thiophene rings is 1. The summed E-state index contributed by atoms with van der Waals surface area (Å²) in [6, 6.07) is 4.31. The minimum atomic E-state index is -0.907. The third kappa shape index (κ3) is 4.75. The summed E-state index contributed by atoms with van der Waals surface area (Å²) < 4.78 is 52.4. The van der Waals surface area contributed by atoms with Crippen molar-refractivity contribution in [3.05, 3.63) is 46.3 Å². The van der Waals surface area contributed by atoms with Crippen molar-refractivity contribution in [3.8, 4) is 17.1 Å². The zero-order valence-corrected chi connectivity index (χ0v) is 25.0. The van der Waals surface area contributed by atoms with Gasteiger partial charge in [0.2, 0.25) is 5.69 Å². The van der Waals surface area contributed by atoms with E-state index >= 15 is 4.39 Å². The van der Waals surface area contributed by atoms with Gasteiger partial charge in [0, 0.05) is 42.4 Å². The molecule has 5 heterocycles. The molecule has 224 valence electrons. The quantitative estimate of drug-likeness (QED) is 0.227. The Morgan fingerprint density at radius 3 is 2.70 bits per heavy atom. The van der Waals surface area contributed by atoms with Crippen LogP contribution in [0, 0.1) is 18.2 Å². The first-order valence-electron chi connectivity index (χ1n) is 14.6. The van der Waals surface area contributed by atoms with Crippen molar-refractivity contribution in [2.45, 2.75) is 56.7 Å². The largest absolute Gasteiger partial charge is 0.461 e. The zero-order valence-electron chi connectivity index (χ0n) is 23.4. The van der Waals surface area contributed by atoms with Gasteiger partial charge in [-0.25, -0.2) is 18.0 Å². The molecule has 0 spiro atoms. The number of halogens is 4. The van der Waals surface area contributed by atoms with E-state index in [9.17, 15) is 8.78 Å². The Kier molecular flexibility index (Phi) is 7.27. The minimum absolute atomic E-state index is 0.00459. The van der Waals surface area contributed by atoms with Crippen LogP contribution < -0.4 is 15.4 Å². The van der Waals surface area contributed by atoms with Crippen LogP contribution in [0.2, 0.25) is 5.02 Å². The molecule has 3 saturated heterocycles. The van der Waals surface area contributed by atoms with Crippen molar-refractivity contribution in [2.75, 3.05) is 43.4 Å². The first-order chi connectivity index (χ1) is 20.8. The van der Waals surface area contributed by atoms with Crippen molar-refractivity contribution >= 4 is 60.4 Å². The lowest BCUT2D eigenvalue weighted by Gasteiger charge is -2.31. The summed E-state index contributed by atoms with van der Waals surface area (Å²) in [5, 5.41) is 0.906. The van der Waals surface area contributed by atoms with Gasteiger partial charge in [0.1, 0.15) is 29.9 Å². The molecule has 7 rings (SSSR count). The summed E-state index contributed by atoms with van der Waals surface area (Å²) in [4.78, 5) is 17.1. The van der Waals surface area contributed by atoms with Crippen LogP contribution in [0.25, 0.3) is 37.0 Å². The van der Waals surface area contributed by atoms with E-state index in [1.807, 2.05) is 0 Å². The van der Waals surface area contributed by atoms with Crippen molar-refractivity contribution in [1.29, 1.82) is 0 Å². The molecule has 0 aliphatic carbocycles. The highest BCUT2D eigenvalue weighted by Gasteiger charge is 2.49.